The Morgan fingerprint density at radius 3 is 2.32 bits per heavy atom. The van der Waals surface area contributed by atoms with Gasteiger partial charge in [0.1, 0.15) is 5.75 Å². The fourth-order valence-electron chi connectivity index (χ4n) is 6.67. The average Bonchev–Trinajstić information content (AvgIpc) is 2.52. The maximum absolute atomic E-state index is 13.0. The van der Waals surface area contributed by atoms with E-state index in [1.807, 2.05) is 24.3 Å². The van der Waals surface area contributed by atoms with Crippen LogP contribution < -0.4 is 10.2 Å². The molecule has 4 fully saturated rings. The molecule has 4 saturated carbocycles. The Hall–Kier alpha value is -1.84. The molecule has 0 spiro atoms. The number of rotatable bonds is 4. The highest BCUT2D eigenvalue weighted by atomic mass is 16.5. The lowest BCUT2D eigenvalue weighted by Crippen LogP contribution is -2.59. The van der Waals surface area contributed by atoms with E-state index in [-0.39, 0.29) is 11.3 Å². The van der Waals surface area contributed by atoms with Crippen molar-refractivity contribution >= 4 is 12.1 Å². The first-order valence-electron chi connectivity index (χ1n) is 9.32. The summed E-state index contributed by atoms with van der Waals surface area (Å²) >= 11 is 0. The molecular formula is C21H28N2O2. The molecule has 4 atom stereocenters. The van der Waals surface area contributed by atoms with E-state index in [2.05, 4.69) is 24.4 Å². The van der Waals surface area contributed by atoms with Gasteiger partial charge in [-0.05, 0) is 85.1 Å². The van der Waals surface area contributed by atoms with E-state index < -0.39 is 0 Å². The molecule has 1 amide bonds. The van der Waals surface area contributed by atoms with Crippen molar-refractivity contribution in [2.24, 2.45) is 27.3 Å². The fourth-order valence-corrected chi connectivity index (χ4v) is 6.67. The molecule has 0 saturated heterocycles. The Morgan fingerprint density at radius 1 is 1.12 bits per heavy atom. The molecule has 0 aliphatic heterocycles. The van der Waals surface area contributed by atoms with Crippen LogP contribution in [0.4, 0.5) is 0 Å². The third-order valence-corrected chi connectivity index (χ3v) is 6.60. The molecule has 4 heteroatoms. The summed E-state index contributed by atoms with van der Waals surface area (Å²) in [6.07, 6.45) is 8.68. The highest BCUT2D eigenvalue weighted by Crippen LogP contribution is 2.69. The number of nitrogens with one attached hydrogen (secondary N) is 1. The topological polar surface area (TPSA) is 50.7 Å². The quantitative estimate of drug-likeness (QED) is 0.661. The van der Waals surface area contributed by atoms with Crippen molar-refractivity contribution < 1.29 is 9.53 Å². The van der Waals surface area contributed by atoms with Gasteiger partial charge in [-0.1, -0.05) is 13.8 Å². The van der Waals surface area contributed by atoms with E-state index in [4.69, 9.17) is 4.74 Å². The lowest BCUT2D eigenvalue weighted by molar-refractivity contribution is -0.170. The smallest absolute Gasteiger partial charge is 0.246 e. The van der Waals surface area contributed by atoms with Gasteiger partial charge < -0.3 is 4.74 Å². The molecule has 5 rings (SSSR count). The number of hydrogen-bond donors (Lipinski definition) is 1. The number of benzene rings is 1. The summed E-state index contributed by atoms with van der Waals surface area (Å²) in [5.74, 6) is 1.65. The van der Waals surface area contributed by atoms with Crippen molar-refractivity contribution in [3.8, 4) is 5.75 Å². The molecule has 1 aromatic carbocycles. The molecule has 25 heavy (non-hydrogen) atoms. The average molecular weight is 340 g/mol. The molecule has 1 N–H and O–H groups in total. The van der Waals surface area contributed by atoms with Gasteiger partial charge in [-0.2, -0.15) is 5.10 Å². The van der Waals surface area contributed by atoms with E-state index in [0.717, 1.165) is 30.6 Å². The van der Waals surface area contributed by atoms with Crippen LogP contribution in [0.25, 0.3) is 0 Å². The minimum atomic E-state index is -0.208. The molecular weight excluding hydrogens is 312 g/mol. The predicted molar refractivity (Wildman–Crippen MR) is 98.6 cm³/mol. The van der Waals surface area contributed by atoms with Crippen molar-refractivity contribution in [1.29, 1.82) is 0 Å². The third kappa shape index (κ3) is 2.96. The Labute approximate surface area is 150 Å². The summed E-state index contributed by atoms with van der Waals surface area (Å²) in [6, 6.07) is 7.65. The number of hydrogen-bond acceptors (Lipinski definition) is 3. The summed E-state index contributed by atoms with van der Waals surface area (Å²) in [7, 11) is 1.65. The molecule has 2 unspecified atom stereocenters. The zero-order valence-electron chi connectivity index (χ0n) is 15.5. The number of methoxy groups -OCH3 is 1. The summed E-state index contributed by atoms with van der Waals surface area (Å²) in [4.78, 5) is 13.0. The van der Waals surface area contributed by atoms with Crippen LogP contribution in [0.15, 0.2) is 29.4 Å². The Morgan fingerprint density at radius 2 is 1.76 bits per heavy atom. The van der Waals surface area contributed by atoms with Gasteiger partial charge in [-0.15, -0.1) is 0 Å². The van der Waals surface area contributed by atoms with Gasteiger partial charge in [0, 0.05) is 0 Å². The second-order valence-corrected chi connectivity index (χ2v) is 9.38. The minimum absolute atomic E-state index is 0.124. The van der Waals surface area contributed by atoms with Crippen molar-refractivity contribution in [2.75, 3.05) is 7.11 Å². The van der Waals surface area contributed by atoms with Crippen LogP contribution in [0, 0.1) is 22.2 Å². The largest absolute Gasteiger partial charge is 0.497 e. The predicted octanol–water partition coefficient (Wildman–Crippen LogP) is 4.14. The van der Waals surface area contributed by atoms with Crippen molar-refractivity contribution in [3.05, 3.63) is 29.8 Å². The van der Waals surface area contributed by atoms with Gasteiger partial charge in [-0.25, -0.2) is 5.43 Å². The summed E-state index contributed by atoms with van der Waals surface area (Å²) in [5, 5.41) is 4.23. The van der Waals surface area contributed by atoms with Crippen LogP contribution in [-0.2, 0) is 4.79 Å². The number of nitrogens with zero attached hydrogens (tertiary/aromatic N) is 1. The molecule has 4 aliphatic carbocycles. The molecule has 0 heterocycles. The first-order valence-corrected chi connectivity index (χ1v) is 9.32. The highest BCUT2D eigenvalue weighted by molar-refractivity contribution is 5.86. The van der Waals surface area contributed by atoms with Crippen LogP contribution >= 0.6 is 0 Å². The Balaban J connectivity index is 1.46. The summed E-state index contributed by atoms with van der Waals surface area (Å²) < 4.78 is 5.15. The normalized spacial score (nSPS) is 38.9. The SMILES string of the molecule is COc1ccc(/C=N\NC(=O)C23CC4C[C@@](C)(C2)C[C@](C)(C4)C3)cc1. The standard InChI is InChI=1S/C21H28N2O2/c1-19-8-16-9-20(2,12-19)14-21(10-16,13-19)18(24)23-22-11-15-4-6-17(25-3)7-5-15/h4-7,11,16H,8-10,12-14H2,1-3H3,(H,23,24)/b22-11-/t16?,19-,20+,21?. The molecule has 0 aromatic heterocycles. The van der Waals surface area contributed by atoms with E-state index in [0.29, 0.717) is 16.7 Å². The molecule has 0 radical (unpaired) electrons. The second kappa shape index (κ2) is 5.58. The summed E-state index contributed by atoms with van der Waals surface area (Å²) in [6.45, 7) is 4.77. The molecule has 4 bridgehead atoms. The third-order valence-electron chi connectivity index (χ3n) is 6.60. The molecule has 134 valence electrons. The van der Waals surface area contributed by atoms with E-state index in [9.17, 15) is 4.79 Å². The van der Waals surface area contributed by atoms with Gasteiger partial charge in [0.25, 0.3) is 0 Å². The Kier molecular flexibility index (Phi) is 3.71. The number of amides is 1. The lowest BCUT2D eigenvalue weighted by atomic mass is 9.40. The Bertz CT molecular complexity index is 691. The van der Waals surface area contributed by atoms with Gasteiger partial charge in [0.2, 0.25) is 5.91 Å². The van der Waals surface area contributed by atoms with Gasteiger partial charge >= 0.3 is 0 Å². The first kappa shape index (κ1) is 16.6. The van der Waals surface area contributed by atoms with Crippen molar-refractivity contribution in [3.63, 3.8) is 0 Å². The maximum Gasteiger partial charge on any atom is 0.246 e. The zero-order valence-corrected chi connectivity index (χ0v) is 15.5. The fraction of sp³-hybridized carbons (Fsp3) is 0.619. The number of ether oxygens (including phenoxy) is 1. The van der Waals surface area contributed by atoms with Crippen LogP contribution in [0.2, 0.25) is 0 Å². The molecule has 4 aliphatic rings. The van der Waals surface area contributed by atoms with Gasteiger partial charge in [-0.3, -0.25) is 4.79 Å². The molecule has 4 nitrogen and oxygen atoms in total. The van der Waals surface area contributed by atoms with Crippen molar-refractivity contribution in [1.82, 2.24) is 5.43 Å². The number of hydrazone groups is 1. The molecule has 1 aromatic rings. The van der Waals surface area contributed by atoms with E-state index >= 15 is 0 Å². The van der Waals surface area contributed by atoms with Crippen LogP contribution in [0.3, 0.4) is 0 Å². The maximum atomic E-state index is 13.0. The first-order chi connectivity index (χ1) is 11.8. The monoisotopic (exact) mass is 340 g/mol. The van der Waals surface area contributed by atoms with E-state index in [1.165, 1.54) is 19.3 Å². The minimum Gasteiger partial charge on any atom is -0.497 e. The van der Waals surface area contributed by atoms with Crippen LogP contribution in [0.1, 0.15) is 57.9 Å². The second-order valence-electron chi connectivity index (χ2n) is 9.38. The van der Waals surface area contributed by atoms with Crippen molar-refractivity contribution in [2.45, 2.75) is 52.4 Å². The van der Waals surface area contributed by atoms with Crippen LogP contribution in [-0.4, -0.2) is 19.2 Å². The van der Waals surface area contributed by atoms with Crippen LogP contribution in [0.5, 0.6) is 5.75 Å². The number of carbonyl (C=O) groups is 1. The lowest BCUT2D eigenvalue weighted by Gasteiger charge is -2.64. The summed E-state index contributed by atoms with van der Waals surface area (Å²) in [5.41, 5.74) is 4.27. The highest BCUT2D eigenvalue weighted by Gasteiger charge is 2.62. The number of carbonyl (C=O) groups excluding carboxylic acids is 1. The van der Waals surface area contributed by atoms with E-state index in [1.54, 1.807) is 13.3 Å². The van der Waals surface area contributed by atoms with Gasteiger partial charge in [0.15, 0.2) is 0 Å². The zero-order chi connectivity index (χ0) is 17.7. The van der Waals surface area contributed by atoms with Gasteiger partial charge in [0.05, 0.1) is 18.7 Å².